The molecule has 0 saturated carbocycles. The SMILES string of the molecule is CCCCc1ccc(C(=O)NCCCC(C(=O)O)N2CCN(CC=O)CCN(CC(=O)[O-])CCN(CC(=O)[O-])CC2)nc1.[Ga+3].[OH-]. The normalized spacial score (nSPS) is 16.6. The molecule has 2 heterocycles. The summed E-state index contributed by atoms with van der Waals surface area (Å²) >= 11 is 0. The minimum Gasteiger partial charge on any atom is -0.870 e. The molecule has 1 unspecified atom stereocenters. The molecule has 0 radical (unpaired) electrons. The van der Waals surface area contributed by atoms with Crippen molar-refractivity contribution in [2.45, 2.75) is 45.1 Å². The fraction of sp³-hybridized carbons (Fsp3) is 0.655. The summed E-state index contributed by atoms with van der Waals surface area (Å²) in [5.41, 5.74) is 1.35. The maximum absolute atomic E-state index is 12.5. The molecule has 1 aromatic heterocycles. The molecule has 1 amide bonds. The molecule has 16 heteroatoms. The maximum atomic E-state index is 12.5. The van der Waals surface area contributed by atoms with Crippen LogP contribution in [0.5, 0.6) is 0 Å². The van der Waals surface area contributed by atoms with Crippen LogP contribution in [-0.4, -0.2) is 170 Å². The van der Waals surface area contributed by atoms with E-state index in [0.717, 1.165) is 31.1 Å². The average Bonchev–Trinajstić information content (AvgIpc) is 2.96. The zero-order valence-electron chi connectivity index (χ0n) is 26.0. The van der Waals surface area contributed by atoms with E-state index < -0.39 is 23.9 Å². The summed E-state index contributed by atoms with van der Waals surface area (Å²) in [6.07, 6.45) is 6.06. The number of amides is 1. The van der Waals surface area contributed by atoms with Crippen LogP contribution in [0.3, 0.4) is 0 Å². The summed E-state index contributed by atoms with van der Waals surface area (Å²) < 4.78 is 0. The van der Waals surface area contributed by atoms with E-state index in [2.05, 4.69) is 17.2 Å². The Morgan fingerprint density at radius 3 is 1.98 bits per heavy atom. The van der Waals surface area contributed by atoms with Crippen LogP contribution in [0.2, 0.25) is 0 Å². The Balaban J connectivity index is 0.00000968. The van der Waals surface area contributed by atoms with Crippen molar-refractivity contribution in [3.63, 3.8) is 0 Å². The van der Waals surface area contributed by atoms with Gasteiger partial charge in [-0.3, -0.25) is 34.2 Å². The number of aldehydes is 1. The van der Waals surface area contributed by atoms with Crippen LogP contribution in [-0.2, 0) is 25.6 Å². The summed E-state index contributed by atoms with van der Waals surface area (Å²) in [5, 5.41) is 35.5. The van der Waals surface area contributed by atoms with E-state index in [1.807, 2.05) is 11.0 Å². The van der Waals surface area contributed by atoms with Crippen molar-refractivity contribution in [1.29, 1.82) is 0 Å². The standard InChI is InChI=1S/C29H46N6O8.Ga.H2O/c1-2-3-5-23-7-8-24(31-20-23)28(41)30-9-4-6-25(29(42)43)35-16-14-32(18-19-36)10-11-33(21-26(37)38)12-13-34(15-17-35)22-27(39)40;;/h7-8,19-20,25H,2-6,9-18,21-22H2,1H3,(H,30,41)(H,37,38)(H,39,40)(H,42,43);;1H2/q;+3;/p-3. The fourth-order valence-corrected chi connectivity index (χ4v) is 4.97. The third-order valence-corrected chi connectivity index (χ3v) is 7.45. The van der Waals surface area contributed by atoms with Crippen molar-refractivity contribution in [2.24, 2.45) is 0 Å². The first-order valence-electron chi connectivity index (χ1n) is 14.8. The molecule has 1 saturated heterocycles. The van der Waals surface area contributed by atoms with Crippen molar-refractivity contribution in [3.8, 4) is 0 Å². The van der Waals surface area contributed by atoms with Gasteiger partial charge in [-0.25, -0.2) is 0 Å². The Bertz CT molecular complexity index is 1050. The van der Waals surface area contributed by atoms with E-state index in [1.165, 1.54) is 0 Å². The molecule has 1 aliphatic heterocycles. The number of unbranched alkanes of at least 4 members (excludes halogenated alkanes) is 1. The number of aliphatic carboxylic acids is 3. The number of carboxylic acid groups (broad SMARTS) is 3. The van der Waals surface area contributed by atoms with Gasteiger partial charge in [0.25, 0.3) is 5.91 Å². The number of aryl methyl sites for hydroxylation is 1. The molecule has 248 valence electrons. The van der Waals surface area contributed by atoms with Crippen molar-refractivity contribution >= 4 is 49.9 Å². The zero-order chi connectivity index (χ0) is 31.6. The quantitative estimate of drug-likeness (QED) is 0.0989. The number of hydrogen-bond acceptors (Lipinski definition) is 13. The van der Waals surface area contributed by atoms with Crippen LogP contribution in [0.25, 0.3) is 0 Å². The molecule has 45 heavy (non-hydrogen) atoms. The summed E-state index contributed by atoms with van der Waals surface area (Å²) in [6.45, 7) is 3.92. The van der Waals surface area contributed by atoms with Gasteiger partial charge in [-0.05, 0) is 37.3 Å². The predicted molar refractivity (Wildman–Crippen MR) is 161 cm³/mol. The number of pyridine rings is 1. The Morgan fingerprint density at radius 1 is 0.933 bits per heavy atom. The van der Waals surface area contributed by atoms with Crippen molar-refractivity contribution in [3.05, 3.63) is 29.6 Å². The summed E-state index contributed by atoms with van der Waals surface area (Å²) in [5.74, 6) is -3.94. The first-order valence-corrected chi connectivity index (χ1v) is 14.8. The second kappa shape index (κ2) is 23.5. The maximum Gasteiger partial charge on any atom is 3.00 e. The topological polar surface area (TPSA) is 220 Å². The van der Waals surface area contributed by atoms with Gasteiger partial charge in [0, 0.05) is 78.2 Å². The van der Waals surface area contributed by atoms with Crippen LogP contribution in [0.15, 0.2) is 18.3 Å². The number of aromatic nitrogens is 1. The van der Waals surface area contributed by atoms with Gasteiger partial charge in [-0.1, -0.05) is 19.4 Å². The summed E-state index contributed by atoms with van der Waals surface area (Å²) in [7, 11) is 0. The van der Waals surface area contributed by atoms with Gasteiger partial charge in [0.2, 0.25) is 0 Å². The van der Waals surface area contributed by atoms with E-state index in [4.69, 9.17) is 0 Å². The first kappa shape index (κ1) is 42.1. The first-order chi connectivity index (χ1) is 20.6. The van der Waals surface area contributed by atoms with Gasteiger partial charge >= 0.3 is 25.8 Å². The average molecular weight is 691 g/mol. The van der Waals surface area contributed by atoms with E-state index in [9.17, 15) is 39.3 Å². The molecule has 0 bridgehead atoms. The van der Waals surface area contributed by atoms with Crippen LogP contribution >= 0.6 is 0 Å². The number of carboxylic acids is 3. The van der Waals surface area contributed by atoms with Crippen LogP contribution in [0, 0.1) is 0 Å². The van der Waals surface area contributed by atoms with Crippen molar-refractivity contribution in [1.82, 2.24) is 29.9 Å². The zero-order valence-corrected chi connectivity index (χ0v) is 28.4. The minimum absolute atomic E-state index is 0. The van der Waals surface area contributed by atoms with Gasteiger partial charge < -0.3 is 40.5 Å². The van der Waals surface area contributed by atoms with Crippen LogP contribution < -0.4 is 15.5 Å². The van der Waals surface area contributed by atoms with E-state index in [0.29, 0.717) is 31.7 Å². The number of nitrogens with zero attached hydrogens (tertiary/aromatic N) is 5. The minimum atomic E-state index is -1.29. The summed E-state index contributed by atoms with van der Waals surface area (Å²) in [6, 6.07) is 2.65. The number of rotatable bonds is 16. The van der Waals surface area contributed by atoms with E-state index >= 15 is 0 Å². The second-order valence-corrected chi connectivity index (χ2v) is 10.7. The van der Waals surface area contributed by atoms with Crippen LogP contribution in [0.4, 0.5) is 0 Å². The van der Waals surface area contributed by atoms with Gasteiger partial charge in [0.15, 0.2) is 0 Å². The number of hydrogen-bond donors (Lipinski definition) is 2. The molecule has 15 nitrogen and oxygen atoms in total. The fourth-order valence-electron chi connectivity index (χ4n) is 4.97. The number of carbonyl (C=O) groups is 5. The molecule has 1 aromatic rings. The number of carbonyl (C=O) groups excluding carboxylic acids is 4. The van der Waals surface area contributed by atoms with Crippen LogP contribution in [0.1, 0.15) is 48.7 Å². The third-order valence-electron chi connectivity index (χ3n) is 7.45. The Hall–Kier alpha value is -2.86. The van der Waals surface area contributed by atoms with Crippen molar-refractivity contribution in [2.75, 3.05) is 78.5 Å². The predicted octanol–water partition coefficient (Wildman–Crippen LogP) is -3.25. The molecular weight excluding hydrogens is 646 g/mol. The molecule has 0 aromatic carbocycles. The number of nitrogens with one attached hydrogen (secondary N) is 1. The van der Waals surface area contributed by atoms with Gasteiger partial charge in [0.05, 0.1) is 18.5 Å². The smallest absolute Gasteiger partial charge is 0.870 e. The second-order valence-electron chi connectivity index (χ2n) is 10.7. The Morgan fingerprint density at radius 2 is 1.49 bits per heavy atom. The van der Waals surface area contributed by atoms with Gasteiger partial charge in [-0.15, -0.1) is 0 Å². The Kier molecular flexibility index (Phi) is 22.0. The molecule has 1 aliphatic rings. The molecule has 3 N–H and O–H groups in total. The van der Waals surface area contributed by atoms with E-state index in [-0.39, 0.29) is 96.5 Å². The third kappa shape index (κ3) is 16.9. The molecule has 0 aliphatic carbocycles. The molecule has 2 rings (SSSR count). The van der Waals surface area contributed by atoms with Gasteiger partial charge in [-0.2, -0.15) is 0 Å². The molecule has 0 spiro atoms. The largest absolute Gasteiger partial charge is 3.00 e. The molecule has 1 fully saturated rings. The molecular formula is C29H45GaN6O9. The van der Waals surface area contributed by atoms with Crippen molar-refractivity contribution < 1.29 is 44.8 Å². The Labute approximate surface area is 277 Å². The summed E-state index contributed by atoms with van der Waals surface area (Å²) in [4.78, 5) is 69.8. The van der Waals surface area contributed by atoms with E-state index in [1.54, 1.807) is 27.0 Å². The molecule has 1 atom stereocenters. The monoisotopic (exact) mass is 690 g/mol. The van der Waals surface area contributed by atoms with Gasteiger partial charge in [0.1, 0.15) is 18.0 Å².